The van der Waals surface area contributed by atoms with E-state index < -0.39 is 0 Å². The molecule has 2 aromatic rings. The highest BCUT2D eigenvalue weighted by Gasteiger charge is 2.21. The van der Waals surface area contributed by atoms with E-state index >= 15 is 0 Å². The molecule has 1 aliphatic heterocycles. The minimum atomic E-state index is -0.191. The number of furan rings is 1. The number of carbonyl (C=O) groups excluding carboxylic acids is 1. The fourth-order valence-electron chi connectivity index (χ4n) is 2.68. The highest BCUT2D eigenvalue weighted by atomic mass is 16.5. The normalized spacial score (nSPS) is 16.0. The fourth-order valence-corrected chi connectivity index (χ4v) is 2.68. The summed E-state index contributed by atoms with van der Waals surface area (Å²) in [6.45, 7) is 4.91. The van der Waals surface area contributed by atoms with E-state index in [1.54, 1.807) is 18.4 Å². The molecular formula is C19H21NO4. The van der Waals surface area contributed by atoms with Gasteiger partial charge in [0, 0.05) is 23.6 Å². The van der Waals surface area contributed by atoms with Gasteiger partial charge in [0.25, 0.3) is 0 Å². The number of benzene rings is 1. The van der Waals surface area contributed by atoms with E-state index in [-0.39, 0.29) is 12.0 Å². The Bertz CT molecular complexity index is 734. The Morgan fingerprint density at radius 1 is 1.46 bits per heavy atom. The third kappa shape index (κ3) is 3.79. The molecule has 24 heavy (non-hydrogen) atoms. The Hall–Kier alpha value is -2.69. The molecule has 5 nitrogen and oxygen atoms in total. The summed E-state index contributed by atoms with van der Waals surface area (Å²) in [5, 5.41) is 2.77. The number of amides is 1. The third-order valence-electron chi connectivity index (χ3n) is 3.76. The molecule has 3 rings (SSSR count). The zero-order valence-corrected chi connectivity index (χ0v) is 13.9. The van der Waals surface area contributed by atoms with E-state index in [9.17, 15) is 4.79 Å². The molecule has 0 aliphatic carbocycles. The van der Waals surface area contributed by atoms with Crippen molar-refractivity contribution in [3.8, 4) is 11.5 Å². The lowest BCUT2D eigenvalue weighted by molar-refractivity contribution is -0.116. The summed E-state index contributed by atoms with van der Waals surface area (Å²) in [7, 11) is 0. The topological polar surface area (TPSA) is 60.7 Å². The van der Waals surface area contributed by atoms with Gasteiger partial charge in [-0.2, -0.15) is 0 Å². The van der Waals surface area contributed by atoms with Gasteiger partial charge in [-0.1, -0.05) is 0 Å². The largest absolute Gasteiger partial charge is 0.493 e. The average molecular weight is 327 g/mol. The summed E-state index contributed by atoms with van der Waals surface area (Å²) < 4.78 is 16.7. The van der Waals surface area contributed by atoms with Gasteiger partial charge in [0.1, 0.15) is 23.4 Å². The lowest BCUT2D eigenvalue weighted by Crippen LogP contribution is -2.19. The minimum Gasteiger partial charge on any atom is -0.493 e. The maximum absolute atomic E-state index is 12.0. The van der Waals surface area contributed by atoms with Crippen LogP contribution in [0.15, 0.2) is 41.0 Å². The number of ether oxygens (including phenoxy) is 2. The van der Waals surface area contributed by atoms with E-state index in [2.05, 4.69) is 5.32 Å². The molecule has 1 atom stereocenters. The first kappa shape index (κ1) is 16.2. The summed E-state index contributed by atoms with van der Waals surface area (Å²) in [6, 6.07) is 7.54. The number of carbonyl (C=O) groups is 1. The zero-order chi connectivity index (χ0) is 16.9. The Morgan fingerprint density at radius 2 is 2.33 bits per heavy atom. The molecule has 1 aromatic heterocycles. The fraction of sp³-hybridized carbons (Fsp3) is 0.316. The summed E-state index contributed by atoms with van der Waals surface area (Å²) in [5.41, 5.74) is 1.98. The predicted octanol–water partition coefficient (Wildman–Crippen LogP) is 3.33. The first-order valence-electron chi connectivity index (χ1n) is 8.10. The molecule has 0 fully saturated rings. The van der Waals surface area contributed by atoms with Crippen LogP contribution in [0.5, 0.6) is 11.5 Å². The molecule has 0 bridgehead atoms. The van der Waals surface area contributed by atoms with Crippen LogP contribution in [0.2, 0.25) is 0 Å². The second kappa shape index (κ2) is 7.25. The van der Waals surface area contributed by atoms with E-state index in [0.29, 0.717) is 18.9 Å². The maximum Gasteiger partial charge on any atom is 0.244 e. The van der Waals surface area contributed by atoms with Gasteiger partial charge in [0.15, 0.2) is 0 Å². The van der Waals surface area contributed by atoms with E-state index in [1.807, 2.05) is 32.0 Å². The summed E-state index contributed by atoms with van der Waals surface area (Å²) in [5.74, 6) is 2.15. The molecule has 126 valence electrons. The van der Waals surface area contributed by atoms with Gasteiger partial charge >= 0.3 is 0 Å². The van der Waals surface area contributed by atoms with Crippen molar-refractivity contribution in [2.75, 3.05) is 6.61 Å². The Kier molecular flexibility index (Phi) is 4.89. The van der Waals surface area contributed by atoms with E-state index in [0.717, 1.165) is 29.0 Å². The Labute approximate surface area is 141 Å². The van der Waals surface area contributed by atoms with Gasteiger partial charge < -0.3 is 19.2 Å². The van der Waals surface area contributed by atoms with Crippen molar-refractivity contribution in [2.24, 2.45) is 0 Å². The van der Waals surface area contributed by atoms with Crippen LogP contribution in [0.3, 0.4) is 0 Å². The Morgan fingerprint density at radius 3 is 3.08 bits per heavy atom. The van der Waals surface area contributed by atoms with E-state index in [1.165, 1.54) is 6.08 Å². The highest BCUT2D eigenvalue weighted by Crippen LogP contribution is 2.35. The molecule has 0 spiro atoms. The van der Waals surface area contributed by atoms with Crippen LogP contribution in [0.4, 0.5) is 0 Å². The summed E-state index contributed by atoms with van der Waals surface area (Å²) in [6.07, 6.45) is 5.87. The molecule has 1 N–H and O–H groups in total. The maximum atomic E-state index is 12.0. The molecular weight excluding hydrogens is 306 g/mol. The quantitative estimate of drug-likeness (QED) is 0.827. The predicted molar refractivity (Wildman–Crippen MR) is 91.0 cm³/mol. The summed E-state index contributed by atoms with van der Waals surface area (Å²) >= 11 is 0. The van der Waals surface area contributed by atoms with Crippen LogP contribution < -0.4 is 14.8 Å². The van der Waals surface area contributed by atoms with E-state index in [4.69, 9.17) is 13.9 Å². The lowest BCUT2D eigenvalue weighted by Gasteiger charge is -2.10. The minimum absolute atomic E-state index is 0.172. The van der Waals surface area contributed by atoms with Gasteiger partial charge in [0.2, 0.25) is 5.91 Å². The molecule has 1 amide bonds. The smallest absolute Gasteiger partial charge is 0.244 e. The monoisotopic (exact) mass is 327 g/mol. The van der Waals surface area contributed by atoms with Gasteiger partial charge in [0.05, 0.1) is 19.4 Å². The first-order valence-corrected chi connectivity index (χ1v) is 8.10. The van der Waals surface area contributed by atoms with Gasteiger partial charge in [-0.05, 0) is 44.2 Å². The average Bonchev–Trinajstić information content (AvgIpc) is 3.19. The van der Waals surface area contributed by atoms with Crippen molar-refractivity contribution in [3.05, 3.63) is 53.5 Å². The van der Waals surface area contributed by atoms with Crippen LogP contribution in [-0.2, 0) is 17.8 Å². The molecule has 5 heteroatoms. The number of nitrogens with one attached hydrogen (secondary N) is 1. The summed E-state index contributed by atoms with van der Waals surface area (Å²) in [4.78, 5) is 12.0. The van der Waals surface area contributed by atoms with Crippen LogP contribution >= 0.6 is 0 Å². The standard InChI is InChI=1S/C19H21NO4/c1-3-22-17-11-15-9-13(2)24-18(15)10-14(17)6-7-19(21)20-12-16-5-4-8-23-16/h4-8,10-11,13H,3,9,12H2,1-2H3,(H,20,21)/b7-6+. The van der Waals surface area contributed by atoms with Crippen molar-refractivity contribution in [1.29, 1.82) is 0 Å². The second-order valence-corrected chi connectivity index (χ2v) is 5.69. The number of fused-ring (bicyclic) bond motifs is 1. The van der Waals surface area contributed by atoms with Gasteiger partial charge in [-0.15, -0.1) is 0 Å². The van der Waals surface area contributed by atoms with Crippen LogP contribution in [0.1, 0.15) is 30.7 Å². The van der Waals surface area contributed by atoms with Crippen molar-refractivity contribution >= 4 is 12.0 Å². The molecule has 0 saturated heterocycles. The van der Waals surface area contributed by atoms with Crippen molar-refractivity contribution in [3.63, 3.8) is 0 Å². The van der Waals surface area contributed by atoms with Crippen LogP contribution in [0, 0.1) is 0 Å². The van der Waals surface area contributed by atoms with Gasteiger partial charge in [-0.25, -0.2) is 0 Å². The van der Waals surface area contributed by atoms with Crippen molar-refractivity contribution in [1.82, 2.24) is 5.32 Å². The molecule has 1 aromatic carbocycles. The number of hydrogen-bond donors (Lipinski definition) is 1. The Balaban J connectivity index is 1.71. The molecule has 1 unspecified atom stereocenters. The lowest BCUT2D eigenvalue weighted by atomic mass is 10.1. The third-order valence-corrected chi connectivity index (χ3v) is 3.76. The highest BCUT2D eigenvalue weighted by molar-refractivity contribution is 5.92. The molecule has 0 saturated carbocycles. The second-order valence-electron chi connectivity index (χ2n) is 5.69. The molecule has 1 aliphatic rings. The molecule has 2 heterocycles. The first-order chi connectivity index (χ1) is 11.7. The molecule has 0 radical (unpaired) electrons. The van der Waals surface area contributed by atoms with Gasteiger partial charge in [-0.3, -0.25) is 4.79 Å². The SMILES string of the molecule is CCOc1cc2c(cc1/C=C/C(=O)NCc1ccco1)OC(C)C2. The van der Waals surface area contributed by atoms with Crippen LogP contribution in [0.25, 0.3) is 6.08 Å². The van der Waals surface area contributed by atoms with Crippen LogP contribution in [-0.4, -0.2) is 18.6 Å². The zero-order valence-electron chi connectivity index (χ0n) is 13.9. The number of hydrogen-bond acceptors (Lipinski definition) is 4. The van der Waals surface area contributed by atoms with Crippen molar-refractivity contribution in [2.45, 2.75) is 32.9 Å². The number of rotatable bonds is 6. The van der Waals surface area contributed by atoms with Crippen molar-refractivity contribution < 1.29 is 18.7 Å².